The Morgan fingerprint density at radius 3 is 2.60 bits per heavy atom. The molecule has 0 saturated heterocycles. The number of halogens is 1. The molecule has 1 nitrogen and oxygen atoms in total. The molecule has 0 fully saturated rings. The van der Waals surface area contributed by atoms with Crippen LogP contribution in [0.25, 0.3) is 6.08 Å². The summed E-state index contributed by atoms with van der Waals surface area (Å²) in [6.07, 6.45) is 5.45. The molecule has 1 unspecified atom stereocenters. The molecule has 1 N–H and O–H groups in total. The quantitative estimate of drug-likeness (QED) is 0.802. The molecule has 0 amide bonds. The predicted octanol–water partition coefficient (Wildman–Crippen LogP) is 3.74. The molecule has 1 atom stereocenters. The minimum absolute atomic E-state index is 0.417. The van der Waals surface area contributed by atoms with E-state index in [0.29, 0.717) is 6.04 Å². The van der Waals surface area contributed by atoms with Crippen molar-refractivity contribution in [2.75, 3.05) is 6.54 Å². The smallest absolute Gasteiger partial charge is 0.0406 e. The van der Waals surface area contributed by atoms with Crippen molar-refractivity contribution < 1.29 is 0 Å². The molecule has 0 saturated carbocycles. The first-order chi connectivity index (χ1) is 7.22. The van der Waals surface area contributed by atoms with Gasteiger partial charge in [0.05, 0.1) is 0 Å². The summed E-state index contributed by atoms with van der Waals surface area (Å²) in [4.78, 5) is 0. The van der Waals surface area contributed by atoms with Crippen molar-refractivity contribution in [2.45, 2.75) is 26.3 Å². The summed E-state index contributed by atoms with van der Waals surface area (Å²) in [5, 5.41) is 4.18. The Morgan fingerprint density at radius 2 is 2.00 bits per heavy atom. The number of hydrogen-bond acceptors (Lipinski definition) is 1. The zero-order valence-electron chi connectivity index (χ0n) is 9.33. The molecule has 1 aromatic rings. The van der Waals surface area contributed by atoms with Gasteiger partial charge in [-0.1, -0.05) is 42.8 Å². The van der Waals surface area contributed by atoms with Gasteiger partial charge in [0.2, 0.25) is 0 Å². The van der Waals surface area contributed by atoms with Crippen LogP contribution in [0.1, 0.15) is 25.8 Å². The van der Waals surface area contributed by atoms with Crippen LogP contribution in [0, 0.1) is 0 Å². The summed E-state index contributed by atoms with van der Waals surface area (Å²) in [5.41, 5.74) is 1.18. The van der Waals surface area contributed by atoms with Crippen LogP contribution in [-0.2, 0) is 0 Å². The number of rotatable bonds is 5. The molecule has 1 aromatic carbocycles. The minimum Gasteiger partial charge on any atom is -0.311 e. The SMILES string of the molecule is CCCNC(C)/C=C/c1ccc(Cl)cc1. The molecule has 0 radical (unpaired) electrons. The first kappa shape index (κ1) is 12.3. The van der Waals surface area contributed by atoms with Gasteiger partial charge in [0, 0.05) is 11.1 Å². The van der Waals surface area contributed by atoms with E-state index in [1.165, 1.54) is 12.0 Å². The third kappa shape index (κ3) is 5.01. The van der Waals surface area contributed by atoms with Crippen molar-refractivity contribution in [3.05, 3.63) is 40.9 Å². The van der Waals surface area contributed by atoms with E-state index in [1.54, 1.807) is 0 Å². The molecule has 0 aliphatic carbocycles. The lowest BCUT2D eigenvalue weighted by Crippen LogP contribution is -2.24. The Labute approximate surface area is 97.1 Å². The molecule has 1 rings (SSSR count). The second-order valence-corrected chi connectivity index (χ2v) is 4.09. The standard InChI is InChI=1S/C13H18ClN/c1-3-10-15-11(2)4-5-12-6-8-13(14)9-7-12/h4-9,11,15H,3,10H2,1-2H3/b5-4+. The van der Waals surface area contributed by atoms with E-state index in [0.717, 1.165) is 11.6 Å². The molecule has 15 heavy (non-hydrogen) atoms. The van der Waals surface area contributed by atoms with E-state index in [1.807, 2.05) is 24.3 Å². The Balaban J connectivity index is 2.46. The summed E-state index contributed by atoms with van der Waals surface area (Å²) in [5.74, 6) is 0. The van der Waals surface area contributed by atoms with E-state index in [9.17, 15) is 0 Å². The first-order valence-electron chi connectivity index (χ1n) is 5.39. The highest BCUT2D eigenvalue weighted by Gasteiger charge is 1.93. The molecule has 82 valence electrons. The van der Waals surface area contributed by atoms with Crippen LogP contribution in [0.3, 0.4) is 0 Å². The van der Waals surface area contributed by atoms with Gasteiger partial charge < -0.3 is 5.32 Å². The molecule has 0 spiro atoms. The van der Waals surface area contributed by atoms with Crippen molar-refractivity contribution in [2.24, 2.45) is 0 Å². The van der Waals surface area contributed by atoms with Gasteiger partial charge in [-0.15, -0.1) is 0 Å². The molecule has 0 aliphatic rings. The fourth-order valence-corrected chi connectivity index (χ4v) is 1.40. The summed E-state index contributed by atoms with van der Waals surface area (Å²) in [6.45, 7) is 5.39. The van der Waals surface area contributed by atoms with Gasteiger partial charge in [0.1, 0.15) is 0 Å². The van der Waals surface area contributed by atoms with Gasteiger partial charge in [-0.25, -0.2) is 0 Å². The maximum absolute atomic E-state index is 5.81. The number of hydrogen-bond donors (Lipinski definition) is 1. The monoisotopic (exact) mass is 223 g/mol. The lowest BCUT2D eigenvalue weighted by molar-refractivity contribution is 0.625. The fourth-order valence-electron chi connectivity index (χ4n) is 1.27. The van der Waals surface area contributed by atoms with Crippen molar-refractivity contribution in [1.82, 2.24) is 5.32 Å². The lowest BCUT2D eigenvalue weighted by Gasteiger charge is -2.07. The molecule has 0 aliphatic heterocycles. The minimum atomic E-state index is 0.417. The third-order valence-electron chi connectivity index (χ3n) is 2.16. The third-order valence-corrected chi connectivity index (χ3v) is 2.42. The second-order valence-electron chi connectivity index (χ2n) is 3.65. The van der Waals surface area contributed by atoms with Crippen molar-refractivity contribution >= 4 is 17.7 Å². The number of nitrogens with one attached hydrogen (secondary N) is 1. The topological polar surface area (TPSA) is 12.0 Å². The van der Waals surface area contributed by atoms with Gasteiger partial charge in [0.15, 0.2) is 0 Å². The van der Waals surface area contributed by atoms with Gasteiger partial charge in [-0.05, 0) is 37.6 Å². The maximum atomic E-state index is 5.81. The van der Waals surface area contributed by atoms with Gasteiger partial charge in [-0.2, -0.15) is 0 Å². The van der Waals surface area contributed by atoms with Gasteiger partial charge >= 0.3 is 0 Å². The average Bonchev–Trinajstić information content (AvgIpc) is 2.25. The first-order valence-corrected chi connectivity index (χ1v) is 5.77. The Kier molecular flexibility index (Phi) is 5.44. The number of benzene rings is 1. The summed E-state index contributed by atoms with van der Waals surface area (Å²) in [6, 6.07) is 8.27. The zero-order valence-corrected chi connectivity index (χ0v) is 10.1. The van der Waals surface area contributed by atoms with Crippen molar-refractivity contribution in [1.29, 1.82) is 0 Å². The van der Waals surface area contributed by atoms with Crippen LogP contribution >= 0.6 is 11.6 Å². The molecular weight excluding hydrogens is 206 g/mol. The van der Waals surface area contributed by atoms with Crippen molar-refractivity contribution in [3.63, 3.8) is 0 Å². The lowest BCUT2D eigenvalue weighted by atomic mass is 10.2. The summed E-state index contributed by atoms with van der Waals surface area (Å²) < 4.78 is 0. The molecular formula is C13H18ClN. The normalized spacial score (nSPS) is 13.3. The van der Waals surface area contributed by atoms with Gasteiger partial charge in [0.25, 0.3) is 0 Å². The molecule has 0 bridgehead atoms. The maximum Gasteiger partial charge on any atom is 0.0406 e. The Bertz CT molecular complexity index is 303. The zero-order chi connectivity index (χ0) is 11.1. The van der Waals surface area contributed by atoms with Crippen LogP contribution in [-0.4, -0.2) is 12.6 Å². The van der Waals surface area contributed by atoms with Gasteiger partial charge in [-0.3, -0.25) is 0 Å². The van der Waals surface area contributed by atoms with E-state index < -0.39 is 0 Å². The largest absolute Gasteiger partial charge is 0.311 e. The molecule has 2 heteroatoms. The fraction of sp³-hybridized carbons (Fsp3) is 0.385. The summed E-state index contributed by atoms with van der Waals surface area (Å²) >= 11 is 5.81. The van der Waals surface area contributed by atoms with E-state index >= 15 is 0 Å². The highest BCUT2D eigenvalue weighted by molar-refractivity contribution is 6.30. The highest BCUT2D eigenvalue weighted by Crippen LogP contribution is 2.10. The van der Waals surface area contributed by atoms with E-state index in [2.05, 4.69) is 31.3 Å². The highest BCUT2D eigenvalue weighted by atomic mass is 35.5. The Morgan fingerprint density at radius 1 is 1.33 bits per heavy atom. The van der Waals surface area contributed by atoms with Crippen LogP contribution in [0.5, 0.6) is 0 Å². The Hall–Kier alpha value is -0.790. The van der Waals surface area contributed by atoms with Crippen molar-refractivity contribution in [3.8, 4) is 0 Å². The molecule has 0 heterocycles. The van der Waals surface area contributed by atoms with Crippen LogP contribution in [0.4, 0.5) is 0 Å². The van der Waals surface area contributed by atoms with Crippen LogP contribution in [0.2, 0.25) is 5.02 Å². The van der Waals surface area contributed by atoms with E-state index in [-0.39, 0.29) is 0 Å². The van der Waals surface area contributed by atoms with Crippen LogP contribution in [0.15, 0.2) is 30.3 Å². The molecule has 0 aromatic heterocycles. The predicted molar refractivity (Wildman–Crippen MR) is 68.2 cm³/mol. The summed E-state index contributed by atoms with van der Waals surface area (Å²) in [7, 11) is 0. The average molecular weight is 224 g/mol. The van der Waals surface area contributed by atoms with Crippen LogP contribution < -0.4 is 5.32 Å². The second kappa shape index (κ2) is 6.65. The van der Waals surface area contributed by atoms with E-state index in [4.69, 9.17) is 11.6 Å².